The van der Waals surface area contributed by atoms with Crippen LogP contribution in [0.1, 0.15) is 39.4 Å². The van der Waals surface area contributed by atoms with Gasteiger partial charge in [0.1, 0.15) is 23.0 Å². The molecule has 0 bridgehead atoms. The van der Waals surface area contributed by atoms with E-state index in [9.17, 15) is 18.3 Å². The van der Waals surface area contributed by atoms with Gasteiger partial charge in [0, 0.05) is 6.42 Å². The quantitative estimate of drug-likeness (QED) is 0.633. The second-order valence-corrected chi connectivity index (χ2v) is 8.91. The van der Waals surface area contributed by atoms with Crippen LogP contribution in [0.15, 0.2) is 23.0 Å². The van der Waals surface area contributed by atoms with Crippen molar-refractivity contribution in [3.8, 4) is 23.1 Å². The fourth-order valence-corrected chi connectivity index (χ4v) is 3.39. The summed E-state index contributed by atoms with van der Waals surface area (Å²) < 4.78 is 38.8. The molecule has 9 nitrogen and oxygen atoms in total. The van der Waals surface area contributed by atoms with E-state index >= 15 is 0 Å². The molecule has 0 aliphatic carbocycles. The summed E-state index contributed by atoms with van der Waals surface area (Å²) in [6, 6.07) is 5.01. The van der Waals surface area contributed by atoms with Gasteiger partial charge in [-0.1, -0.05) is 19.4 Å². The number of para-hydroxylation sites is 1. The van der Waals surface area contributed by atoms with E-state index in [1.807, 2.05) is 6.92 Å². The molecule has 2 N–H and O–H groups in total. The third-order valence-corrected chi connectivity index (χ3v) is 6.11. The third-order valence-electron chi connectivity index (χ3n) is 4.38. The first-order chi connectivity index (χ1) is 13.7. The summed E-state index contributed by atoms with van der Waals surface area (Å²) in [4.78, 5) is 17.5. The standard InChI is InChI=1S/C19H27N3O6S/c1-6-7-11-15-20-18(23)16(21-29(25,26)12(2)3)19(24)22(15)17-13(27-4)9-8-10-14(17)28-5/h8-10,12,21,23H,6-7,11H2,1-5H3. The molecule has 0 saturated carbocycles. The molecule has 2 rings (SSSR count). The minimum Gasteiger partial charge on any atom is -0.494 e. The Morgan fingerprint density at radius 3 is 2.28 bits per heavy atom. The van der Waals surface area contributed by atoms with Crippen LogP contribution < -0.4 is 19.8 Å². The van der Waals surface area contributed by atoms with E-state index in [0.717, 1.165) is 6.42 Å². The van der Waals surface area contributed by atoms with Crippen molar-refractivity contribution < 1.29 is 23.0 Å². The highest BCUT2D eigenvalue weighted by atomic mass is 32.2. The van der Waals surface area contributed by atoms with E-state index in [4.69, 9.17) is 9.47 Å². The molecule has 0 atom stereocenters. The summed E-state index contributed by atoms with van der Waals surface area (Å²) in [7, 11) is -0.983. The molecule has 2 aromatic rings. The number of benzene rings is 1. The second kappa shape index (κ2) is 9.17. The van der Waals surface area contributed by atoms with Crippen molar-refractivity contribution >= 4 is 15.7 Å². The van der Waals surface area contributed by atoms with Gasteiger partial charge < -0.3 is 14.6 Å². The van der Waals surface area contributed by atoms with E-state index in [1.165, 1.54) is 32.6 Å². The van der Waals surface area contributed by atoms with E-state index in [1.54, 1.807) is 18.2 Å². The number of anilines is 1. The van der Waals surface area contributed by atoms with E-state index in [0.29, 0.717) is 24.3 Å². The van der Waals surface area contributed by atoms with Crippen LogP contribution in [0.5, 0.6) is 17.4 Å². The zero-order chi connectivity index (χ0) is 21.8. The molecule has 29 heavy (non-hydrogen) atoms. The van der Waals surface area contributed by atoms with Crippen molar-refractivity contribution in [3.63, 3.8) is 0 Å². The highest BCUT2D eigenvalue weighted by molar-refractivity contribution is 7.93. The van der Waals surface area contributed by atoms with Crippen LogP contribution in [0, 0.1) is 0 Å². The van der Waals surface area contributed by atoms with Gasteiger partial charge in [-0.25, -0.2) is 8.42 Å². The average molecular weight is 426 g/mol. The maximum atomic E-state index is 13.3. The number of nitrogens with one attached hydrogen (secondary N) is 1. The topological polar surface area (TPSA) is 120 Å². The molecule has 160 valence electrons. The van der Waals surface area contributed by atoms with E-state index in [2.05, 4.69) is 9.71 Å². The molecule has 1 heterocycles. The number of aromatic nitrogens is 2. The summed E-state index contributed by atoms with van der Waals surface area (Å²) in [5, 5.41) is 9.52. The molecule has 1 aromatic heterocycles. The Hall–Kier alpha value is -2.75. The number of ether oxygens (including phenoxy) is 2. The normalized spacial score (nSPS) is 11.5. The Labute approximate surface area is 170 Å². The lowest BCUT2D eigenvalue weighted by Gasteiger charge is -2.20. The molecule has 1 aromatic carbocycles. The Morgan fingerprint density at radius 2 is 1.79 bits per heavy atom. The van der Waals surface area contributed by atoms with Crippen LogP contribution in [0.2, 0.25) is 0 Å². The van der Waals surface area contributed by atoms with Gasteiger partial charge in [0.25, 0.3) is 5.56 Å². The minimum absolute atomic E-state index is 0.268. The van der Waals surface area contributed by atoms with Gasteiger partial charge in [-0.15, -0.1) is 0 Å². The summed E-state index contributed by atoms with van der Waals surface area (Å²) in [6.45, 7) is 4.91. The van der Waals surface area contributed by atoms with Crippen molar-refractivity contribution in [1.82, 2.24) is 9.55 Å². The van der Waals surface area contributed by atoms with Crippen LogP contribution >= 0.6 is 0 Å². The van der Waals surface area contributed by atoms with Crippen LogP contribution in [0.25, 0.3) is 5.69 Å². The number of hydrogen-bond donors (Lipinski definition) is 2. The van der Waals surface area contributed by atoms with Crippen LogP contribution in [0.4, 0.5) is 5.69 Å². The first-order valence-electron chi connectivity index (χ1n) is 9.25. The molecule has 0 fully saturated rings. The van der Waals surface area contributed by atoms with Crippen LogP contribution in [-0.2, 0) is 16.4 Å². The van der Waals surface area contributed by atoms with Crippen molar-refractivity contribution in [3.05, 3.63) is 34.4 Å². The molecule has 0 spiro atoms. The van der Waals surface area contributed by atoms with Gasteiger partial charge in [-0.2, -0.15) is 4.98 Å². The fraction of sp³-hybridized carbons (Fsp3) is 0.474. The number of aryl methyl sites for hydroxylation is 1. The minimum atomic E-state index is -3.88. The Bertz CT molecular complexity index is 1010. The van der Waals surface area contributed by atoms with Crippen molar-refractivity contribution in [2.45, 2.75) is 45.3 Å². The molecule has 0 unspecified atom stereocenters. The predicted molar refractivity (Wildman–Crippen MR) is 111 cm³/mol. The Kier molecular flexibility index (Phi) is 7.12. The number of aromatic hydroxyl groups is 1. The number of hydrogen-bond acceptors (Lipinski definition) is 7. The fourth-order valence-electron chi connectivity index (χ4n) is 2.69. The Balaban J connectivity index is 2.86. The zero-order valence-corrected chi connectivity index (χ0v) is 18.0. The second-order valence-electron chi connectivity index (χ2n) is 6.68. The first-order valence-corrected chi connectivity index (χ1v) is 10.8. The maximum absolute atomic E-state index is 13.3. The summed E-state index contributed by atoms with van der Waals surface area (Å²) in [5.41, 5.74) is -1.01. The molecule has 0 saturated heterocycles. The van der Waals surface area contributed by atoms with Gasteiger partial charge in [0.15, 0.2) is 5.69 Å². The average Bonchev–Trinajstić information content (AvgIpc) is 2.68. The monoisotopic (exact) mass is 425 g/mol. The van der Waals surface area contributed by atoms with Gasteiger partial charge in [0.2, 0.25) is 15.9 Å². The first kappa shape index (κ1) is 22.5. The van der Waals surface area contributed by atoms with Crippen molar-refractivity contribution in [1.29, 1.82) is 0 Å². The largest absolute Gasteiger partial charge is 0.494 e. The molecule has 0 amide bonds. The number of methoxy groups -OCH3 is 2. The number of sulfonamides is 1. The molecular weight excluding hydrogens is 398 g/mol. The highest BCUT2D eigenvalue weighted by Gasteiger charge is 2.26. The number of rotatable bonds is 9. The molecular formula is C19H27N3O6S. The van der Waals surface area contributed by atoms with E-state index < -0.39 is 32.4 Å². The zero-order valence-electron chi connectivity index (χ0n) is 17.2. The molecule has 0 radical (unpaired) electrons. The maximum Gasteiger partial charge on any atom is 0.286 e. The SMILES string of the molecule is CCCCc1nc(O)c(NS(=O)(=O)C(C)C)c(=O)n1-c1c(OC)cccc1OC. The predicted octanol–water partition coefficient (Wildman–Crippen LogP) is 2.45. The molecule has 0 aliphatic rings. The van der Waals surface area contributed by atoms with E-state index in [-0.39, 0.29) is 11.5 Å². The van der Waals surface area contributed by atoms with Gasteiger partial charge in [0.05, 0.1) is 19.5 Å². The summed E-state index contributed by atoms with van der Waals surface area (Å²) in [5.74, 6) is 0.281. The van der Waals surface area contributed by atoms with Crippen LogP contribution in [0.3, 0.4) is 0 Å². The molecule has 0 aliphatic heterocycles. The lowest BCUT2D eigenvalue weighted by Crippen LogP contribution is -2.31. The van der Waals surface area contributed by atoms with Crippen LogP contribution in [-0.4, -0.2) is 42.5 Å². The van der Waals surface area contributed by atoms with Gasteiger partial charge >= 0.3 is 0 Å². The van der Waals surface area contributed by atoms with Gasteiger partial charge in [-0.05, 0) is 32.4 Å². The van der Waals surface area contributed by atoms with Gasteiger partial charge in [-0.3, -0.25) is 14.1 Å². The lowest BCUT2D eigenvalue weighted by atomic mass is 10.2. The molecule has 10 heteroatoms. The Morgan fingerprint density at radius 1 is 1.21 bits per heavy atom. The highest BCUT2D eigenvalue weighted by Crippen LogP contribution is 2.33. The third kappa shape index (κ3) is 4.64. The smallest absolute Gasteiger partial charge is 0.286 e. The summed E-state index contributed by atoms with van der Waals surface area (Å²) in [6.07, 6.45) is 1.93. The summed E-state index contributed by atoms with van der Waals surface area (Å²) >= 11 is 0. The van der Waals surface area contributed by atoms with Crippen molar-refractivity contribution in [2.24, 2.45) is 0 Å². The number of nitrogens with zero attached hydrogens (tertiary/aromatic N) is 2. The lowest BCUT2D eigenvalue weighted by molar-refractivity contribution is 0.388. The van der Waals surface area contributed by atoms with Crippen molar-refractivity contribution in [2.75, 3.05) is 18.9 Å². The number of unbranched alkanes of at least 4 members (excludes halogenated alkanes) is 1.